The molecule has 0 unspecified atom stereocenters. The van der Waals surface area contributed by atoms with Crippen LogP contribution in [0.3, 0.4) is 0 Å². The molecule has 0 aromatic rings. The SMILES string of the molecule is [CH2+]C(C)(C)C(C)(C)C. The molecule has 0 aliphatic heterocycles. The van der Waals surface area contributed by atoms with E-state index in [9.17, 15) is 0 Å². The van der Waals surface area contributed by atoms with Crippen LogP contribution >= 0.6 is 0 Å². The van der Waals surface area contributed by atoms with Crippen molar-refractivity contribution < 1.29 is 0 Å². The summed E-state index contributed by atoms with van der Waals surface area (Å²) in [6.07, 6.45) is 0. The monoisotopic (exact) mass is 113 g/mol. The van der Waals surface area contributed by atoms with E-state index in [0.29, 0.717) is 5.41 Å². The summed E-state index contributed by atoms with van der Waals surface area (Å²) in [6, 6.07) is 0. The van der Waals surface area contributed by atoms with Gasteiger partial charge in [-0.15, -0.1) is 0 Å². The van der Waals surface area contributed by atoms with Gasteiger partial charge in [0.15, 0.2) is 0 Å². The fraction of sp³-hybridized carbons (Fsp3) is 0.875. The molecule has 0 N–H and O–H groups in total. The molecule has 0 bridgehead atoms. The van der Waals surface area contributed by atoms with Crippen LogP contribution in [0, 0.1) is 17.8 Å². The lowest BCUT2D eigenvalue weighted by atomic mass is 9.71. The minimum Gasteiger partial charge on any atom is -0.0555 e. The first-order valence-electron chi connectivity index (χ1n) is 3.10. The zero-order valence-electron chi connectivity index (χ0n) is 6.71. The molecule has 0 aliphatic carbocycles. The fourth-order valence-corrected chi connectivity index (χ4v) is 0. The topological polar surface area (TPSA) is 0 Å². The normalized spacial score (nSPS) is 14.1. The van der Waals surface area contributed by atoms with Crippen molar-refractivity contribution in [3.63, 3.8) is 0 Å². The molecule has 0 aliphatic rings. The molecule has 8 heavy (non-hydrogen) atoms. The third-order valence-electron chi connectivity index (χ3n) is 2.03. The fourth-order valence-electron chi connectivity index (χ4n) is 0. The van der Waals surface area contributed by atoms with E-state index in [1.807, 2.05) is 0 Å². The Morgan fingerprint density at radius 3 is 1.00 bits per heavy atom. The van der Waals surface area contributed by atoms with E-state index in [2.05, 4.69) is 41.5 Å². The second kappa shape index (κ2) is 1.68. The third-order valence-corrected chi connectivity index (χ3v) is 2.03. The Morgan fingerprint density at radius 2 is 1.00 bits per heavy atom. The van der Waals surface area contributed by atoms with E-state index in [4.69, 9.17) is 0 Å². The first kappa shape index (κ1) is 7.87. The summed E-state index contributed by atoms with van der Waals surface area (Å²) in [5, 5.41) is 0. The minimum absolute atomic E-state index is 0.188. The standard InChI is InChI=1S/C8H17/c1-7(2,3)8(4,5)6/h1H2,2-6H3/q+1. The van der Waals surface area contributed by atoms with E-state index in [-0.39, 0.29) is 5.41 Å². The maximum absolute atomic E-state index is 4.04. The Hall–Kier alpha value is -0.130. The third kappa shape index (κ3) is 1.77. The molecule has 0 radical (unpaired) electrons. The molecule has 0 spiro atoms. The van der Waals surface area contributed by atoms with Gasteiger partial charge in [0, 0.05) is 5.41 Å². The van der Waals surface area contributed by atoms with Crippen LogP contribution in [0.25, 0.3) is 0 Å². The van der Waals surface area contributed by atoms with Gasteiger partial charge in [0.05, 0.1) is 6.92 Å². The van der Waals surface area contributed by atoms with Crippen molar-refractivity contribution in [2.75, 3.05) is 0 Å². The second-order valence-corrected chi connectivity index (χ2v) is 4.13. The molecule has 0 rings (SSSR count). The van der Waals surface area contributed by atoms with Crippen LogP contribution in [0.2, 0.25) is 0 Å². The lowest BCUT2D eigenvalue weighted by Gasteiger charge is -2.28. The Kier molecular flexibility index (Phi) is 1.65. The van der Waals surface area contributed by atoms with E-state index < -0.39 is 0 Å². The van der Waals surface area contributed by atoms with Gasteiger partial charge in [-0.2, -0.15) is 0 Å². The molecule has 0 fully saturated rings. The maximum atomic E-state index is 4.04. The van der Waals surface area contributed by atoms with Gasteiger partial charge in [-0.25, -0.2) is 0 Å². The van der Waals surface area contributed by atoms with Gasteiger partial charge in [-0.05, 0) is 13.8 Å². The summed E-state index contributed by atoms with van der Waals surface area (Å²) in [5.41, 5.74) is 0.514. The lowest BCUT2D eigenvalue weighted by Crippen LogP contribution is -2.25. The largest absolute Gasteiger partial charge is 0.105 e. The molecule has 0 heterocycles. The molecule has 0 aromatic carbocycles. The molecule has 0 saturated heterocycles. The predicted octanol–water partition coefficient (Wildman–Crippen LogP) is 2.89. The lowest BCUT2D eigenvalue weighted by molar-refractivity contribution is 0.189. The Bertz CT molecular complexity index is 55.0. The van der Waals surface area contributed by atoms with Gasteiger partial charge in [0.1, 0.15) is 5.41 Å². The zero-order chi connectivity index (χ0) is 7.00. The number of hydrogen-bond donors (Lipinski definition) is 0. The average Bonchev–Trinajstić information content (AvgIpc) is 1.25. The average molecular weight is 113 g/mol. The molecule has 0 amide bonds. The number of hydrogen-bond acceptors (Lipinski definition) is 0. The maximum Gasteiger partial charge on any atom is 0.105 e. The van der Waals surface area contributed by atoms with Crippen molar-refractivity contribution in [3.05, 3.63) is 6.92 Å². The van der Waals surface area contributed by atoms with Gasteiger partial charge < -0.3 is 0 Å². The summed E-state index contributed by atoms with van der Waals surface area (Å²) in [4.78, 5) is 0. The summed E-state index contributed by atoms with van der Waals surface area (Å²) in [5.74, 6) is 0. The van der Waals surface area contributed by atoms with Crippen molar-refractivity contribution >= 4 is 0 Å². The second-order valence-electron chi connectivity index (χ2n) is 4.13. The van der Waals surface area contributed by atoms with Crippen LogP contribution < -0.4 is 0 Å². The first-order valence-corrected chi connectivity index (χ1v) is 3.10. The van der Waals surface area contributed by atoms with Crippen LogP contribution in [0.1, 0.15) is 34.6 Å². The van der Waals surface area contributed by atoms with Crippen molar-refractivity contribution in [2.45, 2.75) is 34.6 Å². The van der Waals surface area contributed by atoms with Gasteiger partial charge in [0.25, 0.3) is 0 Å². The molecule has 0 nitrogen and oxygen atoms in total. The molecule has 0 aromatic heterocycles. The van der Waals surface area contributed by atoms with Crippen LogP contribution in [-0.2, 0) is 0 Å². The summed E-state index contributed by atoms with van der Waals surface area (Å²) in [6.45, 7) is 15.0. The van der Waals surface area contributed by atoms with Crippen molar-refractivity contribution in [1.29, 1.82) is 0 Å². The van der Waals surface area contributed by atoms with Gasteiger partial charge in [-0.3, -0.25) is 0 Å². The van der Waals surface area contributed by atoms with Gasteiger partial charge in [0.2, 0.25) is 0 Å². The quantitative estimate of drug-likeness (QED) is 0.424. The highest BCUT2D eigenvalue weighted by Gasteiger charge is 2.34. The highest BCUT2D eigenvalue weighted by molar-refractivity contribution is 4.83. The predicted molar refractivity (Wildman–Crippen MR) is 38.6 cm³/mol. The van der Waals surface area contributed by atoms with Gasteiger partial charge in [-0.1, -0.05) is 20.8 Å². The summed E-state index contributed by atoms with van der Waals surface area (Å²) < 4.78 is 0. The van der Waals surface area contributed by atoms with E-state index >= 15 is 0 Å². The van der Waals surface area contributed by atoms with E-state index in [1.165, 1.54) is 0 Å². The highest BCUT2D eigenvalue weighted by Crippen LogP contribution is 2.36. The smallest absolute Gasteiger partial charge is 0.0555 e. The first-order chi connectivity index (χ1) is 3.25. The summed E-state index contributed by atoms with van der Waals surface area (Å²) >= 11 is 0. The molecule has 0 atom stereocenters. The Labute approximate surface area is 53.3 Å². The van der Waals surface area contributed by atoms with E-state index in [1.54, 1.807) is 0 Å². The van der Waals surface area contributed by atoms with Crippen molar-refractivity contribution in [3.8, 4) is 0 Å². The molecule has 0 heteroatoms. The Balaban J connectivity index is 4.02. The van der Waals surface area contributed by atoms with Crippen molar-refractivity contribution in [2.24, 2.45) is 10.8 Å². The molecule has 0 saturated carbocycles. The molecular weight excluding hydrogens is 96.1 g/mol. The van der Waals surface area contributed by atoms with Gasteiger partial charge >= 0.3 is 0 Å². The van der Waals surface area contributed by atoms with Crippen molar-refractivity contribution in [1.82, 2.24) is 0 Å². The van der Waals surface area contributed by atoms with Crippen LogP contribution in [0.15, 0.2) is 0 Å². The summed E-state index contributed by atoms with van der Waals surface area (Å²) in [7, 11) is 0. The number of rotatable bonds is 0. The van der Waals surface area contributed by atoms with E-state index in [0.717, 1.165) is 0 Å². The van der Waals surface area contributed by atoms with Crippen LogP contribution in [0.5, 0.6) is 0 Å². The highest BCUT2D eigenvalue weighted by atomic mass is 14.3. The van der Waals surface area contributed by atoms with Crippen LogP contribution in [-0.4, -0.2) is 0 Å². The molecular formula is C8H17+. The molecule has 48 valence electrons. The van der Waals surface area contributed by atoms with Crippen LogP contribution in [0.4, 0.5) is 0 Å². The minimum atomic E-state index is 0.188. The zero-order valence-corrected chi connectivity index (χ0v) is 6.71. The Morgan fingerprint density at radius 1 is 0.875 bits per heavy atom.